The Labute approximate surface area is 192 Å². The van der Waals surface area contributed by atoms with Crippen LogP contribution in [0.15, 0.2) is 36.4 Å². The highest BCUT2D eigenvalue weighted by Gasteiger charge is 2.45. The van der Waals surface area contributed by atoms with Gasteiger partial charge in [-0.25, -0.2) is 0 Å². The monoisotopic (exact) mass is 459 g/mol. The van der Waals surface area contributed by atoms with Crippen LogP contribution in [-0.2, 0) is 4.79 Å². The number of methoxy groups -OCH3 is 2. The van der Waals surface area contributed by atoms with Crippen LogP contribution in [-0.4, -0.2) is 56.1 Å². The molecule has 1 saturated heterocycles. The number of hydrogen-bond donors (Lipinski definition) is 0. The summed E-state index contributed by atoms with van der Waals surface area (Å²) < 4.78 is 22.8. The van der Waals surface area contributed by atoms with Gasteiger partial charge in [0.25, 0.3) is 0 Å². The van der Waals surface area contributed by atoms with E-state index < -0.39 is 5.60 Å². The van der Waals surface area contributed by atoms with Crippen molar-refractivity contribution >= 4 is 23.3 Å². The second-order valence-electron chi connectivity index (χ2n) is 8.00. The summed E-state index contributed by atoms with van der Waals surface area (Å²) in [6.45, 7) is 1.34. The van der Waals surface area contributed by atoms with Crippen molar-refractivity contribution in [3.63, 3.8) is 0 Å². The maximum Gasteiger partial charge on any atom is 0.226 e. The smallest absolute Gasteiger partial charge is 0.226 e. The van der Waals surface area contributed by atoms with Gasteiger partial charge in [-0.05, 0) is 36.4 Å². The summed E-state index contributed by atoms with van der Waals surface area (Å²) in [5, 5.41) is 0.637. The zero-order valence-electron chi connectivity index (χ0n) is 18.2. The highest BCUT2D eigenvalue weighted by Crippen LogP contribution is 2.47. The first-order chi connectivity index (χ1) is 15.4. The number of ether oxygens (including phenoxy) is 4. The van der Waals surface area contributed by atoms with Crippen molar-refractivity contribution in [3.05, 3.63) is 47.0 Å². The van der Waals surface area contributed by atoms with Crippen LogP contribution >= 0.6 is 11.6 Å². The van der Waals surface area contributed by atoms with E-state index in [1.165, 1.54) is 7.11 Å². The van der Waals surface area contributed by atoms with Gasteiger partial charge in [0.2, 0.25) is 11.7 Å². The number of nitrogens with zero attached hydrogens (tertiary/aromatic N) is 1. The molecule has 1 spiro atoms. The van der Waals surface area contributed by atoms with Crippen molar-refractivity contribution < 1.29 is 28.5 Å². The molecule has 2 aliphatic rings. The van der Waals surface area contributed by atoms with Gasteiger partial charge in [0.1, 0.15) is 11.4 Å². The summed E-state index contributed by atoms with van der Waals surface area (Å²) >= 11 is 5.87. The first-order valence-corrected chi connectivity index (χ1v) is 11.0. The molecule has 0 unspecified atom stereocenters. The van der Waals surface area contributed by atoms with E-state index in [1.54, 1.807) is 43.5 Å². The Morgan fingerprint density at radius 3 is 2.47 bits per heavy atom. The third-order valence-corrected chi connectivity index (χ3v) is 6.28. The topological polar surface area (TPSA) is 74.3 Å². The number of benzene rings is 2. The first kappa shape index (κ1) is 22.3. The van der Waals surface area contributed by atoms with Crippen LogP contribution in [0.25, 0.3) is 0 Å². The van der Waals surface area contributed by atoms with E-state index in [4.69, 9.17) is 30.5 Å². The van der Waals surface area contributed by atoms with E-state index >= 15 is 0 Å². The molecule has 2 aromatic rings. The van der Waals surface area contributed by atoms with Crippen molar-refractivity contribution in [1.29, 1.82) is 0 Å². The number of piperidine rings is 1. The maximum atomic E-state index is 12.9. The molecule has 2 aliphatic heterocycles. The number of ketones is 1. The van der Waals surface area contributed by atoms with Gasteiger partial charge in [0.05, 0.1) is 39.2 Å². The van der Waals surface area contributed by atoms with E-state index in [0.717, 1.165) is 0 Å². The molecule has 7 nitrogen and oxygen atoms in total. The van der Waals surface area contributed by atoms with Crippen molar-refractivity contribution in [2.75, 3.05) is 33.9 Å². The molecule has 0 aromatic heterocycles. The molecular formula is C24H26ClNO6. The van der Waals surface area contributed by atoms with Gasteiger partial charge in [-0.1, -0.05) is 11.6 Å². The SMILES string of the molecule is COc1ccc2c(c1OC)OC1(CCN(C(=O)CCOc3ccc(Cl)cc3)CC1)CC2=O. The van der Waals surface area contributed by atoms with E-state index in [9.17, 15) is 9.59 Å². The minimum atomic E-state index is -0.639. The lowest BCUT2D eigenvalue weighted by Crippen LogP contribution is -2.52. The largest absolute Gasteiger partial charge is 0.493 e. The average Bonchev–Trinajstić information content (AvgIpc) is 2.80. The van der Waals surface area contributed by atoms with E-state index in [-0.39, 0.29) is 24.5 Å². The molecule has 0 aliphatic carbocycles. The molecule has 0 radical (unpaired) electrons. The van der Waals surface area contributed by atoms with E-state index in [2.05, 4.69) is 0 Å². The Balaban J connectivity index is 1.36. The molecule has 0 N–H and O–H groups in total. The normalized spacial score (nSPS) is 16.8. The number of rotatable bonds is 6. The van der Waals surface area contributed by atoms with Crippen LogP contribution in [0.3, 0.4) is 0 Å². The van der Waals surface area contributed by atoms with Crippen molar-refractivity contribution in [2.45, 2.75) is 31.3 Å². The molecule has 0 saturated carbocycles. The van der Waals surface area contributed by atoms with Gasteiger partial charge < -0.3 is 23.8 Å². The number of Topliss-reactive ketones (excluding diaryl/α,β-unsaturated/α-hetero) is 1. The van der Waals surface area contributed by atoms with Crippen LogP contribution < -0.4 is 18.9 Å². The fourth-order valence-electron chi connectivity index (χ4n) is 4.25. The second-order valence-corrected chi connectivity index (χ2v) is 8.43. The third-order valence-electron chi connectivity index (χ3n) is 6.03. The fraction of sp³-hybridized carbons (Fsp3) is 0.417. The fourth-order valence-corrected chi connectivity index (χ4v) is 4.37. The average molecular weight is 460 g/mol. The molecule has 170 valence electrons. The molecule has 0 atom stereocenters. The molecule has 4 rings (SSSR count). The molecule has 32 heavy (non-hydrogen) atoms. The lowest BCUT2D eigenvalue weighted by Gasteiger charge is -2.44. The minimum absolute atomic E-state index is 0.0170. The Hall–Kier alpha value is -2.93. The molecule has 0 bridgehead atoms. The highest BCUT2D eigenvalue weighted by molar-refractivity contribution is 6.30. The first-order valence-electron chi connectivity index (χ1n) is 10.6. The summed E-state index contributed by atoms with van der Waals surface area (Å²) in [6.07, 6.45) is 1.71. The van der Waals surface area contributed by atoms with Gasteiger partial charge in [-0.15, -0.1) is 0 Å². The van der Waals surface area contributed by atoms with Crippen molar-refractivity contribution in [3.8, 4) is 23.0 Å². The lowest BCUT2D eigenvalue weighted by atomic mass is 9.82. The second kappa shape index (κ2) is 9.28. The molecule has 2 aromatic carbocycles. The highest BCUT2D eigenvalue weighted by atomic mass is 35.5. The summed E-state index contributed by atoms with van der Waals surface area (Å²) in [5.74, 6) is 2.09. The van der Waals surface area contributed by atoms with Gasteiger partial charge in [-0.2, -0.15) is 0 Å². The molecular weight excluding hydrogens is 434 g/mol. The van der Waals surface area contributed by atoms with Crippen molar-refractivity contribution in [2.24, 2.45) is 0 Å². The zero-order valence-corrected chi connectivity index (χ0v) is 18.9. The minimum Gasteiger partial charge on any atom is -0.493 e. The van der Waals surface area contributed by atoms with Gasteiger partial charge >= 0.3 is 0 Å². The van der Waals surface area contributed by atoms with Crippen LogP contribution in [0.1, 0.15) is 36.0 Å². The van der Waals surface area contributed by atoms with Crippen molar-refractivity contribution in [1.82, 2.24) is 4.90 Å². The number of halogens is 1. The Morgan fingerprint density at radius 2 is 1.81 bits per heavy atom. The summed E-state index contributed by atoms with van der Waals surface area (Å²) in [4.78, 5) is 27.3. The Kier molecular flexibility index (Phi) is 6.46. The van der Waals surface area contributed by atoms with Crippen LogP contribution in [0.2, 0.25) is 5.02 Å². The summed E-state index contributed by atoms with van der Waals surface area (Å²) in [5.41, 5.74) is -0.133. The number of carbonyl (C=O) groups is 2. The standard InChI is InChI=1S/C24H26ClNO6/c1-29-20-8-7-18-19(27)15-24(32-22(18)23(20)30-2)10-12-26(13-11-24)21(28)9-14-31-17-5-3-16(25)4-6-17/h3-8H,9-15H2,1-2H3. The third kappa shape index (κ3) is 4.48. The predicted molar refractivity (Wildman–Crippen MR) is 119 cm³/mol. The molecule has 2 heterocycles. The summed E-state index contributed by atoms with van der Waals surface area (Å²) in [7, 11) is 3.08. The number of hydrogen-bond acceptors (Lipinski definition) is 6. The zero-order chi connectivity index (χ0) is 22.7. The summed E-state index contributed by atoms with van der Waals surface area (Å²) in [6, 6.07) is 10.5. The van der Waals surface area contributed by atoms with Gasteiger partial charge in [-0.3, -0.25) is 9.59 Å². The molecule has 8 heteroatoms. The number of likely N-dealkylation sites (tertiary alicyclic amines) is 1. The van der Waals surface area contributed by atoms with E-state index in [0.29, 0.717) is 66.1 Å². The van der Waals surface area contributed by atoms with E-state index in [1.807, 2.05) is 4.90 Å². The van der Waals surface area contributed by atoms with Gasteiger partial charge in [0, 0.05) is 31.0 Å². The predicted octanol–water partition coefficient (Wildman–Crippen LogP) is 4.15. The quantitative estimate of drug-likeness (QED) is 0.646. The Bertz CT molecular complexity index is 998. The van der Waals surface area contributed by atoms with Crippen LogP contribution in [0, 0.1) is 0 Å². The lowest BCUT2D eigenvalue weighted by molar-refractivity contribution is -0.135. The number of amides is 1. The van der Waals surface area contributed by atoms with Crippen LogP contribution in [0.5, 0.6) is 23.0 Å². The molecule has 1 fully saturated rings. The number of fused-ring (bicyclic) bond motifs is 1. The Morgan fingerprint density at radius 1 is 1.09 bits per heavy atom. The molecule has 1 amide bonds. The van der Waals surface area contributed by atoms with Gasteiger partial charge in [0.15, 0.2) is 17.3 Å². The van der Waals surface area contributed by atoms with Crippen LogP contribution in [0.4, 0.5) is 0 Å². The maximum absolute atomic E-state index is 12.9. The number of carbonyl (C=O) groups excluding carboxylic acids is 2.